The summed E-state index contributed by atoms with van der Waals surface area (Å²) in [4.78, 5) is 16.4. The highest BCUT2D eigenvalue weighted by Crippen LogP contribution is 2.13. The fraction of sp³-hybridized carbons (Fsp3) is 0.308. The summed E-state index contributed by atoms with van der Waals surface area (Å²) in [5.41, 5.74) is 2.33. The molecule has 2 heterocycles. The van der Waals surface area contributed by atoms with Crippen molar-refractivity contribution in [2.24, 2.45) is 0 Å². The molecule has 0 bridgehead atoms. The van der Waals surface area contributed by atoms with Crippen LogP contribution in [0.2, 0.25) is 0 Å². The van der Waals surface area contributed by atoms with E-state index in [1.807, 2.05) is 13.8 Å². The molecule has 0 spiro atoms. The number of carbonyl (C=O) groups excluding carboxylic acids is 1. The molecule has 6 nitrogen and oxygen atoms in total. The lowest BCUT2D eigenvalue weighted by Gasteiger charge is -2.13. The van der Waals surface area contributed by atoms with E-state index in [9.17, 15) is 4.79 Å². The predicted octanol–water partition coefficient (Wildman–Crippen LogP) is 1.65. The maximum Gasteiger partial charge on any atom is 0.251 e. The van der Waals surface area contributed by atoms with Gasteiger partial charge in [0, 0.05) is 30.1 Å². The zero-order valence-corrected chi connectivity index (χ0v) is 11.2. The summed E-state index contributed by atoms with van der Waals surface area (Å²) >= 11 is 0. The summed E-state index contributed by atoms with van der Waals surface area (Å²) in [5.74, 6) is 0.553. The third-order valence-electron chi connectivity index (χ3n) is 2.84. The number of hydrogen-bond donors (Lipinski definition) is 3. The highest BCUT2D eigenvalue weighted by molar-refractivity contribution is 5.95. The number of carbonyl (C=O) groups is 1. The first-order valence-corrected chi connectivity index (χ1v) is 6.06. The van der Waals surface area contributed by atoms with Crippen molar-refractivity contribution >= 4 is 11.7 Å². The standard InChI is InChI=1S/C13H17N5O/c1-8-4-10(5-12(14-3)17-8)13(19)18-9(2)11-6-15-16-7-11/h4-7,9H,1-3H3,(H,14,17)(H,15,16)(H,18,19). The number of nitrogens with zero attached hydrogens (tertiary/aromatic N) is 2. The van der Waals surface area contributed by atoms with Crippen LogP contribution in [0.4, 0.5) is 5.82 Å². The molecule has 0 aromatic carbocycles. The third-order valence-corrected chi connectivity index (χ3v) is 2.84. The van der Waals surface area contributed by atoms with Crippen LogP contribution in [0, 0.1) is 6.92 Å². The van der Waals surface area contributed by atoms with Crippen LogP contribution in [0.1, 0.15) is 34.6 Å². The lowest BCUT2D eigenvalue weighted by molar-refractivity contribution is 0.0939. The lowest BCUT2D eigenvalue weighted by Crippen LogP contribution is -2.26. The second-order valence-corrected chi connectivity index (χ2v) is 4.36. The monoisotopic (exact) mass is 259 g/mol. The Hall–Kier alpha value is -2.37. The summed E-state index contributed by atoms with van der Waals surface area (Å²) < 4.78 is 0. The number of aryl methyl sites for hydroxylation is 1. The van der Waals surface area contributed by atoms with E-state index in [0.29, 0.717) is 11.4 Å². The molecule has 2 rings (SSSR count). The Balaban J connectivity index is 2.13. The number of pyridine rings is 1. The van der Waals surface area contributed by atoms with Gasteiger partial charge >= 0.3 is 0 Å². The van der Waals surface area contributed by atoms with Crippen LogP contribution in [0.5, 0.6) is 0 Å². The Morgan fingerprint density at radius 1 is 1.42 bits per heavy atom. The Morgan fingerprint density at radius 2 is 2.21 bits per heavy atom. The van der Waals surface area contributed by atoms with E-state index in [-0.39, 0.29) is 11.9 Å². The van der Waals surface area contributed by atoms with Crippen LogP contribution in [0.25, 0.3) is 0 Å². The van der Waals surface area contributed by atoms with Gasteiger partial charge in [-0.15, -0.1) is 0 Å². The molecular formula is C13H17N5O. The predicted molar refractivity (Wildman–Crippen MR) is 73.0 cm³/mol. The molecule has 0 saturated carbocycles. The molecule has 19 heavy (non-hydrogen) atoms. The molecule has 2 aromatic rings. The molecule has 0 aliphatic rings. The molecule has 1 atom stereocenters. The number of amides is 1. The van der Waals surface area contributed by atoms with Crippen LogP contribution in [0.3, 0.4) is 0 Å². The van der Waals surface area contributed by atoms with E-state index in [1.165, 1.54) is 0 Å². The van der Waals surface area contributed by atoms with Crippen LogP contribution in [0.15, 0.2) is 24.5 Å². The Bertz CT molecular complexity index is 564. The van der Waals surface area contributed by atoms with Gasteiger partial charge in [0.25, 0.3) is 5.91 Å². The van der Waals surface area contributed by atoms with Gasteiger partial charge < -0.3 is 10.6 Å². The second kappa shape index (κ2) is 5.51. The van der Waals surface area contributed by atoms with Gasteiger partial charge in [-0.1, -0.05) is 0 Å². The number of aromatic amines is 1. The summed E-state index contributed by atoms with van der Waals surface area (Å²) in [6, 6.07) is 3.39. The normalized spacial score (nSPS) is 11.9. The lowest BCUT2D eigenvalue weighted by atomic mass is 10.1. The summed E-state index contributed by atoms with van der Waals surface area (Å²) in [6.45, 7) is 3.77. The smallest absolute Gasteiger partial charge is 0.251 e. The average Bonchev–Trinajstić information content (AvgIpc) is 2.91. The Morgan fingerprint density at radius 3 is 2.84 bits per heavy atom. The van der Waals surface area contributed by atoms with Crippen LogP contribution < -0.4 is 10.6 Å². The van der Waals surface area contributed by atoms with Crippen LogP contribution >= 0.6 is 0 Å². The first kappa shape index (κ1) is 13.1. The number of rotatable bonds is 4. The number of nitrogens with one attached hydrogen (secondary N) is 3. The first-order chi connectivity index (χ1) is 9.10. The van der Waals surface area contributed by atoms with Crippen molar-refractivity contribution in [3.8, 4) is 0 Å². The van der Waals surface area contributed by atoms with Gasteiger partial charge in [-0.25, -0.2) is 4.98 Å². The van der Waals surface area contributed by atoms with Crippen molar-refractivity contribution in [2.75, 3.05) is 12.4 Å². The van der Waals surface area contributed by atoms with Crippen LogP contribution in [-0.4, -0.2) is 28.1 Å². The van der Waals surface area contributed by atoms with E-state index < -0.39 is 0 Å². The molecular weight excluding hydrogens is 242 g/mol. The van der Waals surface area contributed by atoms with Gasteiger partial charge in [-0.2, -0.15) is 5.10 Å². The van der Waals surface area contributed by atoms with E-state index in [0.717, 1.165) is 11.3 Å². The minimum Gasteiger partial charge on any atom is -0.373 e. The van der Waals surface area contributed by atoms with Crippen molar-refractivity contribution in [3.63, 3.8) is 0 Å². The molecule has 1 amide bonds. The fourth-order valence-corrected chi connectivity index (χ4v) is 1.79. The second-order valence-electron chi connectivity index (χ2n) is 4.36. The number of anilines is 1. The van der Waals surface area contributed by atoms with Gasteiger partial charge in [0.2, 0.25) is 0 Å². The van der Waals surface area contributed by atoms with Crippen LogP contribution in [-0.2, 0) is 0 Å². The largest absolute Gasteiger partial charge is 0.373 e. The van der Waals surface area contributed by atoms with Crippen molar-refractivity contribution in [2.45, 2.75) is 19.9 Å². The topological polar surface area (TPSA) is 82.7 Å². The maximum atomic E-state index is 12.2. The number of aromatic nitrogens is 3. The number of hydrogen-bond acceptors (Lipinski definition) is 4. The molecule has 3 N–H and O–H groups in total. The van der Waals surface area contributed by atoms with E-state index in [4.69, 9.17) is 0 Å². The highest BCUT2D eigenvalue weighted by atomic mass is 16.1. The molecule has 6 heteroatoms. The Labute approximate surface area is 111 Å². The van der Waals surface area contributed by atoms with Gasteiger partial charge in [0.1, 0.15) is 5.82 Å². The molecule has 0 aliphatic carbocycles. The summed E-state index contributed by atoms with van der Waals surface area (Å²) in [5, 5.41) is 12.5. The SMILES string of the molecule is CNc1cc(C(=O)NC(C)c2cn[nH]c2)cc(C)n1. The summed E-state index contributed by atoms with van der Waals surface area (Å²) in [6.07, 6.45) is 3.46. The van der Waals surface area contributed by atoms with E-state index in [2.05, 4.69) is 25.8 Å². The minimum atomic E-state index is -0.129. The van der Waals surface area contributed by atoms with Crippen molar-refractivity contribution in [1.29, 1.82) is 0 Å². The van der Waals surface area contributed by atoms with Crippen molar-refractivity contribution in [3.05, 3.63) is 41.3 Å². The molecule has 100 valence electrons. The average molecular weight is 259 g/mol. The van der Waals surface area contributed by atoms with Crippen molar-refractivity contribution in [1.82, 2.24) is 20.5 Å². The zero-order valence-electron chi connectivity index (χ0n) is 11.2. The minimum absolute atomic E-state index is 0.0993. The first-order valence-electron chi connectivity index (χ1n) is 6.06. The maximum absolute atomic E-state index is 12.2. The van der Waals surface area contributed by atoms with Gasteiger partial charge in [0.05, 0.1) is 12.2 Å². The van der Waals surface area contributed by atoms with Crippen molar-refractivity contribution < 1.29 is 4.79 Å². The molecule has 2 aromatic heterocycles. The third kappa shape index (κ3) is 3.09. The molecule has 0 fully saturated rings. The van der Waals surface area contributed by atoms with E-state index >= 15 is 0 Å². The highest BCUT2D eigenvalue weighted by Gasteiger charge is 2.13. The van der Waals surface area contributed by atoms with Gasteiger partial charge in [-0.05, 0) is 26.0 Å². The Kier molecular flexibility index (Phi) is 3.79. The summed E-state index contributed by atoms with van der Waals surface area (Å²) in [7, 11) is 1.78. The quantitative estimate of drug-likeness (QED) is 0.779. The molecule has 0 aliphatic heterocycles. The zero-order chi connectivity index (χ0) is 13.8. The van der Waals surface area contributed by atoms with E-state index in [1.54, 1.807) is 31.6 Å². The molecule has 0 saturated heterocycles. The fourth-order valence-electron chi connectivity index (χ4n) is 1.79. The molecule has 0 radical (unpaired) electrons. The van der Waals surface area contributed by atoms with Gasteiger partial charge in [-0.3, -0.25) is 9.89 Å². The number of H-pyrrole nitrogens is 1. The molecule has 1 unspecified atom stereocenters. The van der Waals surface area contributed by atoms with Gasteiger partial charge in [0.15, 0.2) is 0 Å².